The Hall–Kier alpha value is -3.53. The van der Waals surface area contributed by atoms with Crippen LogP contribution in [0.5, 0.6) is 0 Å². The van der Waals surface area contributed by atoms with Gasteiger partial charge < -0.3 is 20.9 Å². The van der Waals surface area contributed by atoms with Gasteiger partial charge in [-0.25, -0.2) is 9.97 Å². The fraction of sp³-hybridized carbons (Fsp3) is 0.400. The Morgan fingerprint density at radius 3 is 2.60 bits per heavy atom. The number of benzene rings is 1. The molecule has 35 heavy (non-hydrogen) atoms. The molecule has 1 unspecified atom stereocenters. The van der Waals surface area contributed by atoms with E-state index in [-0.39, 0.29) is 29.8 Å². The van der Waals surface area contributed by atoms with E-state index in [0.717, 1.165) is 27.8 Å². The standard InChI is InChI=1S/C17H21N3O2S.C8H11N3O/c1-11(2)17(22)20-8-15(19(10-21)7-12(20)3)13-4-5-16-14(6-13)18-9-23-16;1-5-3-7(11-6(2)12)4-10-8(5)9/h4-6,9-12,15H,7-8H2,1-3H3;3-4H,1-2H3,(H2,9,10)(H,11,12)/t12?,15-;/m1./s1. The van der Waals surface area contributed by atoms with Crippen LogP contribution in [0.3, 0.4) is 0 Å². The Kier molecular flexibility index (Phi) is 8.39. The van der Waals surface area contributed by atoms with Crippen LogP contribution in [-0.2, 0) is 14.4 Å². The number of aromatic nitrogens is 2. The van der Waals surface area contributed by atoms with Gasteiger partial charge in [-0.2, -0.15) is 0 Å². The molecule has 1 aliphatic rings. The average Bonchev–Trinajstić information content (AvgIpc) is 3.29. The normalized spacial score (nSPS) is 17.7. The summed E-state index contributed by atoms with van der Waals surface area (Å²) in [5.41, 5.74) is 10.8. The lowest BCUT2D eigenvalue weighted by Gasteiger charge is -2.44. The van der Waals surface area contributed by atoms with Crippen molar-refractivity contribution in [3.05, 3.63) is 47.1 Å². The number of nitrogens with two attached hydrogens (primary N) is 1. The third-order valence-electron chi connectivity index (χ3n) is 5.87. The summed E-state index contributed by atoms with van der Waals surface area (Å²) in [6.45, 7) is 10.2. The van der Waals surface area contributed by atoms with E-state index >= 15 is 0 Å². The van der Waals surface area contributed by atoms with Crippen LogP contribution in [0.4, 0.5) is 11.5 Å². The van der Waals surface area contributed by atoms with E-state index in [1.54, 1.807) is 22.3 Å². The minimum atomic E-state index is -0.113. The number of nitrogens with zero attached hydrogens (tertiary/aromatic N) is 4. The minimum Gasteiger partial charge on any atom is -0.383 e. The Labute approximate surface area is 209 Å². The van der Waals surface area contributed by atoms with Gasteiger partial charge >= 0.3 is 0 Å². The van der Waals surface area contributed by atoms with Gasteiger partial charge in [-0.1, -0.05) is 19.9 Å². The number of amides is 3. The monoisotopic (exact) mass is 496 g/mol. The molecule has 2 atom stereocenters. The molecular formula is C25H32N6O3S. The summed E-state index contributed by atoms with van der Waals surface area (Å²) in [4.78, 5) is 46.6. The first-order valence-electron chi connectivity index (χ1n) is 11.4. The van der Waals surface area contributed by atoms with Gasteiger partial charge in [0.15, 0.2) is 0 Å². The lowest BCUT2D eigenvalue weighted by Crippen LogP contribution is -2.55. The molecular weight excluding hydrogens is 464 g/mol. The third-order valence-corrected chi connectivity index (χ3v) is 6.68. The van der Waals surface area contributed by atoms with Crippen molar-refractivity contribution in [3.63, 3.8) is 0 Å². The number of thiazole rings is 1. The summed E-state index contributed by atoms with van der Waals surface area (Å²) in [5.74, 6) is 0.481. The largest absolute Gasteiger partial charge is 0.383 e. The predicted octanol–water partition coefficient (Wildman–Crippen LogP) is 3.61. The van der Waals surface area contributed by atoms with Gasteiger partial charge in [0.2, 0.25) is 18.2 Å². The van der Waals surface area contributed by atoms with Crippen molar-refractivity contribution in [1.29, 1.82) is 0 Å². The van der Waals surface area contributed by atoms with Crippen LogP contribution in [0, 0.1) is 12.8 Å². The zero-order valence-electron chi connectivity index (χ0n) is 20.7. The molecule has 1 aliphatic heterocycles. The minimum absolute atomic E-state index is 0.0364. The summed E-state index contributed by atoms with van der Waals surface area (Å²) in [6, 6.07) is 7.81. The summed E-state index contributed by atoms with van der Waals surface area (Å²) in [7, 11) is 0. The molecule has 3 aromatic rings. The predicted molar refractivity (Wildman–Crippen MR) is 139 cm³/mol. The van der Waals surface area contributed by atoms with Crippen LogP contribution in [-0.4, -0.2) is 57.1 Å². The number of anilines is 2. The summed E-state index contributed by atoms with van der Waals surface area (Å²) < 4.78 is 1.13. The van der Waals surface area contributed by atoms with Crippen molar-refractivity contribution < 1.29 is 14.4 Å². The molecule has 1 saturated heterocycles. The SMILES string of the molecule is CC(=O)Nc1cnc(N)c(C)c1.CC(C)C(=O)N1C[C@H](c2ccc3scnc3c2)N(C=O)CC1C. The number of nitrogens with one attached hydrogen (secondary N) is 1. The van der Waals surface area contributed by atoms with Crippen LogP contribution in [0.15, 0.2) is 36.0 Å². The molecule has 1 fully saturated rings. The van der Waals surface area contributed by atoms with Crippen LogP contribution in [0.1, 0.15) is 44.9 Å². The topological polar surface area (TPSA) is 122 Å². The van der Waals surface area contributed by atoms with Gasteiger partial charge in [0.05, 0.1) is 33.7 Å². The number of hydrogen-bond donors (Lipinski definition) is 2. The summed E-state index contributed by atoms with van der Waals surface area (Å²) in [5, 5.41) is 2.62. The van der Waals surface area contributed by atoms with Crippen LogP contribution in [0.25, 0.3) is 10.2 Å². The molecule has 0 bridgehead atoms. The zero-order chi connectivity index (χ0) is 25.7. The molecule has 9 nitrogen and oxygen atoms in total. The second-order valence-corrected chi connectivity index (χ2v) is 9.89. The number of nitrogen functional groups attached to an aromatic ring is 1. The molecule has 1 aromatic carbocycles. The zero-order valence-corrected chi connectivity index (χ0v) is 21.5. The van der Waals surface area contributed by atoms with Crippen LogP contribution < -0.4 is 11.1 Å². The highest BCUT2D eigenvalue weighted by molar-refractivity contribution is 7.16. The van der Waals surface area contributed by atoms with Gasteiger partial charge in [-0.15, -0.1) is 11.3 Å². The average molecular weight is 497 g/mol. The quantitative estimate of drug-likeness (QED) is 0.532. The second kappa shape index (κ2) is 11.3. The molecule has 0 radical (unpaired) electrons. The highest BCUT2D eigenvalue weighted by atomic mass is 32.1. The lowest BCUT2D eigenvalue weighted by atomic mass is 9.98. The maximum atomic E-state index is 12.5. The van der Waals surface area contributed by atoms with Gasteiger partial charge in [-0.3, -0.25) is 14.4 Å². The molecule has 0 spiro atoms. The molecule has 3 amide bonds. The molecule has 10 heteroatoms. The number of carbonyl (C=O) groups excluding carboxylic acids is 3. The van der Waals surface area contributed by atoms with E-state index in [1.165, 1.54) is 13.1 Å². The Bertz CT molecular complexity index is 1210. The third kappa shape index (κ3) is 6.33. The molecule has 2 aromatic heterocycles. The first-order chi connectivity index (χ1) is 16.6. The van der Waals surface area contributed by atoms with Crippen molar-refractivity contribution in [1.82, 2.24) is 19.8 Å². The molecule has 3 N–H and O–H groups in total. The summed E-state index contributed by atoms with van der Waals surface area (Å²) in [6.07, 6.45) is 2.42. The second-order valence-electron chi connectivity index (χ2n) is 9.00. The van der Waals surface area contributed by atoms with E-state index in [1.807, 2.05) is 56.3 Å². The van der Waals surface area contributed by atoms with E-state index in [4.69, 9.17) is 5.73 Å². The number of pyridine rings is 1. The van der Waals surface area contributed by atoms with Crippen molar-refractivity contribution >= 4 is 51.3 Å². The van der Waals surface area contributed by atoms with E-state index < -0.39 is 0 Å². The fourth-order valence-electron chi connectivity index (χ4n) is 3.99. The Morgan fingerprint density at radius 1 is 1.23 bits per heavy atom. The number of carbonyl (C=O) groups is 3. The van der Waals surface area contributed by atoms with Gasteiger partial charge in [0.25, 0.3) is 0 Å². The van der Waals surface area contributed by atoms with Crippen LogP contribution >= 0.6 is 11.3 Å². The molecule has 3 heterocycles. The van der Waals surface area contributed by atoms with Crippen molar-refractivity contribution in [3.8, 4) is 0 Å². The molecule has 4 rings (SSSR count). The first kappa shape index (κ1) is 26.1. The van der Waals surface area contributed by atoms with Gasteiger partial charge in [0.1, 0.15) is 5.82 Å². The van der Waals surface area contributed by atoms with Crippen molar-refractivity contribution in [2.45, 2.75) is 46.7 Å². The molecule has 0 saturated carbocycles. The number of aryl methyl sites for hydroxylation is 1. The number of hydrogen-bond acceptors (Lipinski definition) is 7. The van der Waals surface area contributed by atoms with Crippen molar-refractivity contribution in [2.24, 2.45) is 5.92 Å². The lowest BCUT2D eigenvalue weighted by molar-refractivity contribution is -0.143. The maximum Gasteiger partial charge on any atom is 0.225 e. The fourth-order valence-corrected chi connectivity index (χ4v) is 4.65. The Balaban J connectivity index is 0.000000241. The Morgan fingerprint density at radius 2 is 1.97 bits per heavy atom. The van der Waals surface area contributed by atoms with Gasteiger partial charge in [0, 0.05) is 32.0 Å². The van der Waals surface area contributed by atoms with E-state index in [2.05, 4.69) is 15.3 Å². The van der Waals surface area contributed by atoms with Crippen molar-refractivity contribution in [2.75, 3.05) is 24.1 Å². The van der Waals surface area contributed by atoms with E-state index in [0.29, 0.717) is 24.6 Å². The molecule has 186 valence electrons. The smallest absolute Gasteiger partial charge is 0.225 e. The highest BCUT2D eigenvalue weighted by Gasteiger charge is 2.35. The molecule has 0 aliphatic carbocycles. The highest BCUT2D eigenvalue weighted by Crippen LogP contribution is 2.30. The van der Waals surface area contributed by atoms with E-state index in [9.17, 15) is 14.4 Å². The van der Waals surface area contributed by atoms with Gasteiger partial charge in [-0.05, 0) is 43.2 Å². The van der Waals surface area contributed by atoms with Crippen LogP contribution in [0.2, 0.25) is 0 Å². The number of fused-ring (bicyclic) bond motifs is 1. The first-order valence-corrected chi connectivity index (χ1v) is 12.3. The maximum absolute atomic E-state index is 12.5. The number of piperazine rings is 1. The number of rotatable bonds is 4. The summed E-state index contributed by atoms with van der Waals surface area (Å²) >= 11 is 1.60.